The Bertz CT molecular complexity index is 355. The van der Waals surface area contributed by atoms with Gasteiger partial charge in [0.2, 0.25) is 5.91 Å². The summed E-state index contributed by atoms with van der Waals surface area (Å²) in [6, 6.07) is 5.88. The number of nitrogens with zero attached hydrogens (tertiary/aromatic N) is 2. The van der Waals surface area contributed by atoms with E-state index in [-0.39, 0.29) is 5.91 Å². The molecule has 4 heteroatoms. The Labute approximate surface area is 101 Å². The van der Waals surface area contributed by atoms with Crippen molar-refractivity contribution in [1.82, 2.24) is 9.88 Å². The van der Waals surface area contributed by atoms with E-state index in [1.54, 1.807) is 6.20 Å². The van der Waals surface area contributed by atoms with Gasteiger partial charge < -0.3 is 4.90 Å². The molecule has 0 N–H and O–H groups in total. The zero-order valence-electron chi connectivity index (χ0n) is 9.17. The second-order valence-electron chi connectivity index (χ2n) is 4.16. The number of pyridine rings is 1. The first-order valence-electron chi connectivity index (χ1n) is 5.58. The van der Waals surface area contributed by atoms with E-state index < -0.39 is 0 Å². The SMILES string of the molecule is O=C1CC(CS)CN1CCc1ccccn1. The molecule has 16 heavy (non-hydrogen) atoms. The highest BCUT2D eigenvalue weighted by molar-refractivity contribution is 7.80. The Morgan fingerprint density at radius 1 is 1.50 bits per heavy atom. The van der Waals surface area contributed by atoms with Crippen molar-refractivity contribution in [1.29, 1.82) is 0 Å². The van der Waals surface area contributed by atoms with Crippen molar-refractivity contribution >= 4 is 18.5 Å². The molecule has 0 radical (unpaired) electrons. The Morgan fingerprint density at radius 3 is 3.00 bits per heavy atom. The van der Waals surface area contributed by atoms with Crippen LogP contribution in [0.2, 0.25) is 0 Å². The van der Waals surface area contributed by atoms with Crippen LogP contribution in [0.4, 0.5) is 0 Å². The van der Waals surface area contributed by atoms with Gasteiger partial charge in [-0.05, 0) is 23.8 Å². The first kappa shape index (κ1) is 11.5. The molecule has 1 unspecified atom stereocenters. The highest BCUT2D eigenvalue weighted by Crippen LogP contribution is 2.18. The van der Waals surface area contributed by atoms with Crippen molar-refractivity contribution in [3.05, 3.63) is 30.1 Å². The van der Waals surface area contributed by atoms with Crippen LogP contribution in [0.3, 0.4) is 0 Å². The fourth-order valence-electron chi connectivity index (χ4n) is 1.99. The van der Waals surface area contributed by atoms with Crippen molar-refractivity contribution in [3.63, 3.8) is 0 Å². The van der Waals surface area contributed by atoms with E-state index in [9.17, 15) is 4.79 Å². The van der Waals surface area contributed by atoms with Gasteiger partial charge in [0.05, 0.1) is 0 Å². The molecule has 86 valence electrons. The van der Waals surface area contributed by atoms with Gasteiger partial charge in [-0.3, -0.25) is 9.78 Å². The van der Waals surface area contributed by atoms with Crippen LogP contribution in [-0.2, 0) is 11.2 Å². The third-order valence-corrected chi connectivity index (χ3v) is 3.43. The van der Waals surface area contributed by atoms with Crippen LogP contribution in [0.25, 0.3) is 0 Å². The monoisotopic (exact) mass is 236 g/mol. The summed E-state index contributed by atoms with van der Waals surface area (Å²) in [4.78, 5) is 17.8. The molecule has 1 atom stereocenters. The second-order valence-corrected chi connectivity index (χ2v) is 4.53. The van der Waals surface area contributed by atoms with Gasteiger partial charge in [-0.1, -0.05) is 6.07 Å². The molecule has 0 bridgehead atoms. The highest BCUT2D eigenvalue weighted by atomic mass is 32.1. The van der Waals surface area contributed by atoms with E-state index >= 15 is 0 Å². The van der Waals surface area contributed by atoms with Crippen LogP contribution in [0, 0.1) is 5.92 Å². The number of rotatable bonds is 4. The summed E-state index contributed by atoms with van der Waals surface area (Å²) in [5.41, 5.74) is 1.05. The fraction of sp³-hybridized carbons (Fsp3) is 0.500. The molecule has 3 nitrogen and oxygen atoms in total. The molecule has 0 aliphatic carbocycles. The van der Waals surface area contributed by atoms with Crippen LogP contribution >= 0.6 is 12.6 Å². The van der Waals surface area contributed by atoms with E-state index in [0.717, 1.165) is 31.0 Å². The summed E-state index contributed by atoms with van der Waals surface area (Å²) >= 11 is 4.24. The molecule has 0 aromatic carbocycles. The molecule has 2 heterocycles. The molecule has 1 fully saturated rings. The molecule has 1 aliphatic rings. The van der Waals surface area contributed by atoms with Gasteiger partial charge in [0, 0.05) is 37.8 Å². The molecule has 1 aromatic heterocycles. The third kappa shape index (κ3) is 2.76. The largest absolute Gasteiger partial charge is 0.342 e. The van der Waals surface area contributed by atoms with Crippen molar-refractivity contribution < 1.29 is 4.79 Å². The first-order valence-corrected chi connectivity index (χ1v) is 6.21. The van der Waals surface area contributed by atoms with Crippen molar-refractivity contribution in [3.8, 4) is 0 Å². The number of likely N-dealkylation sites (tertiary alicyclic amines) is 1. The summed E-state index contributed by atoms with van der Waals surface area (Å²) in [6.45, 7) is 1.63. The standard InChI is InChI=1S/C12H16N2OS/c15-12-7-10(9-16)8-14(12)6-4-11-3-1-2-5-13-11/h1-3,5,10,16H,4,6-9H2. The minimum absolute atomic E-state index is 0.259. The lowest BCUT2D eigenvalue weighted by Gasteiger charge is -2.15. The van der Waals surface area contributed by atoms with Gasteiger partial charge in [0.1, 0.15) is 0 Å². The smallest absolute Gasteiger partial charge is 0.222 e. The predicted molar refractivity (Wildman–Crippen MR) is 66.5 cm³/mol. The zero-order chi connectivity index (χ0) is 11.4. The lowest BCUT2D eigenvalue weighted by Crippen LogP contribution is -2.27. The molecule has 1 saturated heterocycles. The van der Waals surface area contributed by atoms with Crippen LogP contribution in [0.5, 0.6) is 0 Å². The normalized spacial score (nSPS) is 20.4. The number of carbonyl (C=O) groups is 1. The summed E-state index contributed by atoms with van der Waals surface area (Å²) in [7, 11) is 0. The fourth-order valence-corrected chi connectivity index (χ4v) is 2.23. The van der Waals surface area contributed by atoms with Gasteiger partial charge in [0.25, 0.3) is 0 Å². The molecule has 1 aliphatic heterocycles. The van der Waals surface area contributed by atoms with Crippen LogP contribution < -0.4 is 0 Å². The predicted octanol–water partition coefficient (Wildman–Crippen LogP) is 1.40. The van der Waals surface area contributed by atoms with Gasteiger partial charge in [-0.2, -0.15) is 12.6 Å². The molecule has 1 aromatic rings. The van der Waals surface area contributed by atoms with E-state index in [4.69, 9.17) is 0 Å². The Kier molecular flexibility index (Phi) is 3.83. The lowest BCUT2D eigenvalue weighted by molar-refractivity contribution is -0.127. The van der Waals surface area contributed by atoms with E-state index in [1.165, 1.54) is 0 Å². The topological polar surface area (TPSA) is 33.2 Å². The zero-order valence-corrected chi connectivity index (χ0v) is 10.1. The first-order chi connectivity index (χ1) is 7.79. The van der Waals surface area contributed by atoms with E-state index in [1.807, 2.05) is 23.1 Å². The van der Waals surface area contributed by atoms with Crippen molar-refractivity contribution in [2.45, 2.75) is 12.8 Å². The molecule has 0 spiro atoms. The minimum atomic E-state index is 0.259. The Hall–Kier alpha value is -1.03. The number of hydrogen-bond donors (Lipinski definition) is 1. The van der Waals surface area contributed by atoms with E-state index in [2.05, 4.69) is 17.6 Å². The van der Waals surface area contributed by atoms with Crippen molar-refractivity contribution in [2.75, 3.05) is 18.8 Å². The summed E-state index contributed by atoms with van der Waals surface area (Å²) in [6.07, 6.45) is 3.29. The maximum absolute atomic E-state index is 11.6. The summed E-state index contributed by atoms with van der Waals surface area (Å²) < 4.78 is 0. The highest BCUT2D eigenvalue weighted by Gasteiger charge is 2.27. The number of aromatic nitrogens is 1. The quantitative estimate of drug-likeness (QED) is 0.802. The Morgan fingerprint density at radius 2 is 2.38 bits per heavy atom. The van der Waals surface area contributed by atoms with Gasteiger partial charge in [-0.25, -0.2) is 0 Å². The number of hydrogen-bond acceptors (Lipinski definition) is 3. The van der Waals surface area contributed by atoms with Gasteiger partial charge in [-0.15, -0.1) is 0 Å². The van der Waals surface area contributed by atoms with Crippen molar-refractivity contribution in [2.24, 2.45) is 5.92 Å². The molecular weight excluding hydrogens is 220 g/mol. The minimum Gasteiger partial charge on any atom is -0.342 e. The van der Waals surface area contributed by atoms with Crippen LogP contribution in [-0.4, -0.2) is 34.6 Å². The van der Waals surface area contributed by atoms with Crippen LogP contribution in [0.1, 0.15) is 12.1 Å². The second kappa shape index (κ2) is 5.34. The van der Waals surface area contributed by atoms with Gasteiger partial charge >= 0.3 is 0 Å². The summed E-state index contributed by atoms with van der Waals surface area (Å²) in [5, 5.41) is 0. The lowest BCUT2D eigenvalue weighted by atomic mass is 10.1. The molecule has 0 saturated carbocycles. The van der Waals surface area contributed by atoms with E-state index in [0.29, 0.717) is 12.3 Å². The average molecular weight is 236 g/mol. The van der Waals surface area contributed by atoms with Gasteiger partial charge in [0.15, 0.2) is 0 Å². The molecular formula is C12H16N2OS. The molecule has 1 amide bonds. The van der Waals surface area contributed by atoms with Crippen LogP contribution in [0.15, 0.2) is 24.4 Å². The Balaban J connectivity index is 1.85. The average Bonchev–Trinajstić information content (AvgIpc) is 2.69. The number of carbonyl (C=O) groups excluding carboxylic acids is 1. The third-order valence-electron chi connectivity index (χ3n) is 2.92. The number of amides is 1. The number of thiol groups is 1. The maximum Gasteiger partial charge on any atom is 0.222 e. The summed E-state index contributed by atoms with van der Waals surface area (Å²) in [5.74, 6) is 1.49. The molecule has 2 rings (SSSR count). The maximum atomic E-state index is 11.6.